The van der Waals surface area contributed by atoms with Crippen LogP contribution in [0, 0.1) is 27.4 Å². The zero-order valence-electron chi connectivity index (χ0n) is 28.0. The van der Waals surface area contributed by atoms with E-state index in [2.05, 4.69) is 28.9 Å². The third-order valence-corrected chi connectivity index (χ3v) is 10.9. The molecule has 0 spiro atoms. The molecule has 6 rings (SSSR count). The Morgan fingerprint density at radius 3 is 2.40 bits per heavy atom. The predicted octanol–water partition coefficient (Wildman–Crippen LogP) is 8.53. The van der Waals surface area contributed by atoms with Gasteiger partial charge in [0.2, 0.25) is 5.91 Å². The fourth-order valence-corrected chi connectivity index (χ4v) is 8.34. The molecule has 0 aliphatic heterocycles. The number of thiophene rings is 1. The molecular weight excluding hydrogens is 695 g/mol. The molecule has 0 fully saturated rings. The summed E-state index contributed by atoms with van der Waals surface area (Å²) in [5.41, 5.74) is 2.69. The number of nitrogens with one attached hydrogen (secondary N) is 3. The maximum Gasteiger partial charge on any atom is 0.276 e. The van der Waals surface area contributed by atoms with Crippen molar-refractivity contribution in [2.45, 2.75) is 36.3 Å². The van der Waals surface area contributed by atoms with Crippen LogP contribution in [-0.4, -0.2) is 22.6 Å². The molecule has 3 amide bonds. The second-order valence-electron chi connectivity index (χ2n) is 12.2. The van der Waals surface area contributed by atoms with Crippen molar-refractivity contribution in [1.82, 2.24) is 5.32 Å². The number of carbonyl (C=O) groups excluding carboxylic acids is 3. The number of fused-ring (bicyclic) bond motifs is 1. The Kier molecular flexibility index (Phi) is 11.2. The molecule has 1 heterocycles. The minimum Gasteiger partial charge on any atom is -0.321 e. The van der Waals surface area contributed by atoms with Gasteiger partial charge in [0.1, 0.15) is 22.0 Å². The Morgan fingerprint density at radius 1 is 0.962 bits per heavy atom. The lowest BCUT2D eigenvalue weighted by atomic mass is 9.88. The number of nitriles is 1. The fraction of sp³-hybridized carbons (Fsp3) is 0.150. The van der Waals surface area contributed by atoms with Gasteiger partial charge in [0, 0.05) is 27.1 Å². The molecule has 0 bridgehead atoms. The second-order valence-corrected chi connectivity index (χ2v) is 14.5. The van der Waals surface area contributed by atoms with E-state index < -0.39 is 22.0 Å². The maximum absolute atomic E-state index is 14.0. The third kappa shape index (κ3) is 8.46. The third-order valence-electron chi connectivity index (χ3n) is 8.51. The van der Waals surface area contributed by atoms with Crippen LogP contribution in [0.5, 0.6) is 0 Å². The van der Waals surface area contributed by atoms with Gasteiger partial charge in [-0.05, 0) is 78.8 Å². The van der Waals surface area contributed by atoms with Crippen molar-refractivity contribution in [2.75, 3.05) is 10.6 Å². The van der Waals surface area contributed by atoms with Gasteiger partial charge in [0.15, 0.2) is 0 Å². The van der Waals surface area contributed by atoms with Crippen LogP contribution in [0.4, 0.5) is 16.4 Å². The van der Waals surface area contributed by atoms with E-state index in [1.54, 1.807) is 54.6 Å². The van der Waals surface area contributed by atoms with E-state index in [-0.39, 0.29) is 22.9 Å². The van der Waals surface area contributed by atoms with E-state index in [9.17, 15) is 29.8 Å². The number of nitro benzene ring substituents is 1. The van der Waals surface area contributed by atoms with Crippen molar-refractivity contribution in [3.8, 4) is 6.07 Å². The van der Waals surface area contributed by atoms with Crippen molar-refractivity contribution in [2.24, 2.45) is 5.92 Å². The highest BCUT2D eigenvalue weighted by Gasteiger charge is 2.28. The summed E-state index contributed by atoms with van der Waals surface area (Å²) in [7, 11) is 0. The molecule has 5 aromatic rings. The van der Waals surface area contributed by atoms with E-state index in [0.29, 0.717) is 32.6 Å². The lowest BCUT2D eigenvalue weighted by Crippen LogP contribution is -2.30. The van der Waals surface area contributed by atoms with Crippen LogP contribution in [0.25, 0.3) is 6.08 Å². The first-order chi connectivity index (χ1) is 25.2. The van der Waals surface area contributed by atoms with Crippen molar-refractivity contribution >= 4 is 63.3 Å². The lowest BCUT2D eigenvalue weighted by molar-refractivity contribution is -0.385. The average Bonchev–Trinajstić information content (AvgIpc) is 3.50. The van der Waals surface area contributed by atoms with Crippen molar-refractivity contribution in [3.63, 3.8) is 0 Å². The summed E-state index contributed by atoms with van der Waals surface area (Å²) in [6, 6.07) is 32.8. The predicted molar refractivity (Wildman–Crippen MR) is 204 cm³/mol. The minimum atomic E-state index is -0.707. The number of thioether (sulfide) groups is 1. The molecule has 260 valence electrons. The van der Waals surface area contributed by atoms with Crippen LogP contribution in [-0.2, 0) is 22.4 Å². The van der Waals surface area contributed by atoms with Crippen molar-refractivity contribution in [3.05, 3.63) is 158 Å². The number of nitrogens with zero attached hydrogens (tertiary/aromatic N) is 2. The van der Waals surface area contributed by atoms with Crippen LogP contribution in [0.1, 0.15) is 56.1 Å². The van der Waals surface area contributed by atoms with Gasteiger partial charge in [-0.3, -0.25) is 24.5 Å². The lowest BCUT2D eigenvalue weighted by Gasteiger charge is -2.18. The number of hydrogen-bond acceptors (Lipinski definition) is 8. The second kappa shape index (κ2) is 16.3. The van der Waals surface area contributed by atoms with E-state index >= 15 is 0 Å². The molecule has 4 aromatic carbocycles. The normalized spacial score (nSPS) is 14.3. The van der Waals surface area contributed by atoms with Crippen LogP contribution in [0.2, 0.25) is 0 Å². The molecule has 2 atom stereocenters. The first-order valence-electron chi connectivity index (χ1n) is 16.5. The molecule has 1 aromatic heterocycles. The summed E-state index contributed by atoms with van der Waals surface area (Å²) in [6.45, 7) is 2.19. The quantitative estimate of drug-likeness (QED) is 0.0533. The van der Waals surface area contributed by atoms with Gasteiger partial charge in [-0.15, -0.1) is 23.1 Å². The SMILES string of the molecule is CC1CCc2c(sc(NC(=O)C(Sc3cccc(NC(=O)/C(=C\c4ccccc4[N+](=O)[O-])NC(=O)c4ccccc4)c3)c3ccccc3)c2C#N)C1. The zero-order chi connectivity index (χ0) is 36.6. The molecule has 1 aliphatic rings. The van der Waals surface area contributed by atoms with Gasteiger partial charge in [-0.1, -0.05) is 73.7 Å². The van der Waals surface area contributed by atoms with Gasteiger partial charge < -0.3 is 16.0 Å². The molecule has 1 aliphatic carbocycles. The Morgan fingerprint density at radius 2 is 1.67 bits per heavy atom. The largest absolute Gasteiger partial charge is 0.321 e. The van der Waals surface area contributed by atoms with Gasteiger partial charge in [0.05, 0.1) is 16.1 Å². The fourth-order valence-electron chi connectivity index (χ4n) is 5.89. The summed E-state index contributed by atoms with van der Waals surface area (Å²) < 4.78 is 0. The van der Waals surface area contributed by atoms with E-state index in [1.807, 2.05) is 36.4 Å². The number of nitro groups is 1. The zero-order valence-corrected chi connectivity index (χ0v) is 29.6. The van der Waals surface area contributed by atoms with Crippen LogP contribution >= 0.6 is 23.1 Å². The molecule has 2 unspecified atom stereocenters. The Hall–Kier alpha value is -6.03. The number of carbonyl (C=O) groups is 3. The topological polar surface area (TPSA) is 154 Å². The van der Waals surface area contributed by atoms with Crippen LogP contribution in [0.15, 0.2) is 120 Å². The first kappa shape index (κ1) is 35.8. The summed E-state index contributed by atoms with van der Waals surface area (Å²) in [5.74, 6) is -1.04. The molecular formula is C40H33N5O5S2. The number of amides is 3. The first-order valence-corrected chi connectivity index (χ1v) is 18.2. The van der Waals surface area contributed by atoms with Gasteiger partial charge in [-0.2, -0.15) is 5.26 Å². The van der Waals surface area contributed by atoms with Gasteiger partial charge in [0.25, 0.3) is 17.5 Å². The molecule has 3 N–H and O–H groups in total. The van der Waals surface area contributed by atoms with Crippen molar-refractivity contribution < 1.29 is 19.3 Å². The summed E-state index contributed by atoms with van der Waals surface area (Å²) in [4.78, 5) is 53.8. The monoisotopic (exact) mass is 727 g/mol. The minimum absolute atomic E-state index is 0.132. The smallest absolute Gasteiger partial charge is 0.276 e. The molecule has 12 heteroatoms. The number of benzene rings is 4. The summed E-state index contributed by atoms with van der Waals surface area (Å²) in [6.07, 6.45) is 3.97. The number of rotatable bonds is 11. The highest BCUT2D eigenvalue weighted by atomic mass is 32.2. The van der Waals surface area contributed by atoms with Crippen molar-refractivity contribution in [1.29, 1.82) is 5.26 Å². The molecule has 10 nitrogen and oxygen atoms in total. The van der Waals surface area contributed by atoms with E-state index in [1.165, 1.54) is 47.4 Å². The number of para-hydroxylation sites is 1. The van der Waals surface area contributed by atoms with Crippen LogP contribution in [0.3, 0.4) is 0 Å². The standard InChI is InChI=1S/C40H33N5O5S2/c1-25-19-20-31-32(24-41)40(52-35(31)21-25)44-39(48)36(26-11-4-2-5-12-26)51-30-17-10-16-29(23-30)42-38(47)33(43-37(46)27-13-6-3-7-14-27)22-28-15-8-9-18-34(28)45(49)50/h2-18,22-23,25,36H,19-21H2,1H3,(H,42,47)(H,43,46)(H,44,48)/b33-22+. The molecule has 0 radical (unpaired) electrons. The van der Waals surface area contributed by atoms with E-state index in [4.69, 9.17) is 0 Å². The highest BCUT2D eigenvalue weighted by Crippen LogP contribution is 2.42. The Labute approximate surface area is 308 Å². The Bertz CT molecular complexity index is 2210. The average molecular weight is 728 g/mol. The summed E-state index contributed by atoms with van der Waals surface area (Å²) >= 11 is 2.75. The van der Waals surface area contributed by atoms with E-state index in [0.717, 1.165) is 35.3 Å². The molecule has 0 saturated heterocycles. The number of anilines is 2. The van der Waals surface area contributed by atoms with Gasteiger partial charge in [-0.25, -0.2) is 0 Å². The number of hydrogen-bond donors (Lipinski definition) is 3. The highest BCUT2D eigenvalue weighted by molar-refractivity contribution is 8.00. The maximum atomic E-state index is 14.0. The molecule has 0 saturated carbocycles. The molecule has 52 heavy (non-hydrogen) atoms. The Balaban J connectivity index is 1.26. The van der Waals surface area contributed by atoms with Crippen LogP contribution < -0.4 is 16.0 Å². The summed E-state index contributed by atoms with van der Waals surface area (Å²) in [5, 5.41) is 30.1. The van der Waals surface area contributed by atoms with Gasteiger partial charge >= 0.3 is 0 Å².